The summed E-state index contributed by atoms with van der Waals surface area (Å²) in [4.78, 5) is 10.7. The molecule has 15 heavy (non-hydrogen) atoms. The highest BCUT2D eigenvalue weighted by Gasteiger charge is 2.26. The van der Waals surface area contributed by atoms with Gasteiger partial charge in [-0.1, -0.05) is 6.92 Å². The second-order valence-corrected chi connectivity index (χ2v) is 2.84. The third kappa shape index (κ3) is 1.58. The first-order valence-corrected chi connectivity index (χ1v) is 4.06. The molecule has 1 aromatic rings. The molecule has 0 saturated carbocycles. The highest BCUT2D eigenvalue weighted by Crippen LogP contribution is 2.36. The Kier molecular flexibility index (Phi) is 2.78. The van der Waals surface area contributed by atoms with Gasteiger partial charge in [0, 0.05) is 5.56 Å². The average molecular weight is 218 g/mol. The summed E-state index contributed by atoms with van der Waals surface area (Å²) in [5.74, 6) is -7.27. The number of rotatable bonds is 2. The van der Waals surface area contributed by atoms with E-state index in [1.807, 2.05) is 0 Å². The van der Waals surface area contributed by atoms with Gasteiger partial charge in [-0.15, -0.1) is 0 Å². The van der Waals surface area contributed by atoms with Gasteiger partial charge in [0.05, 0.1) is 0 Å². The minimum absolute atomic E-state index is 0.113. The topological polar surface area (TPSA) is 77.8 Å². The molecule has 0 aromatic heterocycles. The predicted molar refractivity (Wildman–Crippen MR) is 46.0 cm³/mol. The van der Waals surface area contributed by atoms with Crippen molar-refractivity contribution in [3.05, 3.63) is 22.8 Å². The van der Waals surface area contributed by atoms with E-state index in [0.29, 0.717) is 0 Å². The molecule has 6 heteroatoms. The lowest BCUT2D eigenvalue weighted by Crippen LogP contribution is -2.07. The molecular weight excluding hydrogens is 210 g/mol. The number of carbonyl (C=O) groups is 1. The molecule has 82 valence electrons. The fraction of sp³-hybridized carbons (Fsp3) is 0.222. The Morgan fingerprint density at radius 3 is 2.13 bits per heavy atom. The van der Waals surface area contributed by atoms with E-state index in [1.54, 1.807) is 0 Å². The summed E-state index contributed by atoms with van der Waals surface area (Å²) in [6, 6.07) is 0. The first kappa shape index (κ1) is 11.2. The molecule has 0 heterocycles. The van der Waals surface area contributed by atoms with Crippen LogP contribution in [0.4, 0.5) is 8.78 Å². The van der Waals surface area contributed by atoms with Gasteiger partial charge in [0.2, 0.25) is 5.82 Å². The van der Waals surface area contributed by atoms with Crippen molar-refractivity contribution in [3.63, 3.8) is 0 Å². The minimum atomic E-state index is -1.64. The standard InChI is InChI=1S/C9H8F2O4/c1-2-3-4(9(14)15)7(12)8(13)6(11)5(3)10/h12-13H,2H2,1H3,(H,14,15). The SMILES string of the molecule is CCc1c(F)c(F)c(O)c(O)c1C(=O)O. The van der Waals surface area contributed by atoms with Gasteiger partial charge in [-0.2, -0.15) is 4.39 Å². The number of aromatic hydroxyl groups is 2. The molecule has 3 N–H and O–H groups in total. The zero-order valence-corrected chi connectivity index (χ0v) is 7.71. The van der Waals surface area contributed by atoms with Crippen molar-refractivity contribution in [1.82, 2.24) is 0 Å². The van der Waals surface area contributed by atoms with E-state index >= 15 is 0 Å². The molecular formula is C9H8F2O4. The monoisotopic (exact) mass is 218 g/mol. The van der Waals surface area contributed by atoms with Gasteiger partial charge in [-0.05, 0) is 6.42 Å². The van der Waals surface area contributed by atoms with Crippen LogP contribution in [-0.4, -0.2) is 21.3 Å². The molecule has 1 aromatic carbocycles. The van der Waals surface area contributed by atoms with Crippen LogP contribution < -0.4 is 0 Å². The molecule has 4 nitrogen and oxygen atoms in total. The zero-order chi connectivity index (χ0) is 11.7. The van der Waals surface area contributed by atoms with E-state index in [4.69, 9.17) is 15.3 Å². The lowest BCUT2D eigenvalue weighted by atomic mass is 10.0. The summed E-state index contributed by atoms with van der Waals surface area (Å²) >= 11 is 0. The number of hydrogen-bond donors (Lipinski definition) is 3. The summed E-state index contributed by atoms with van der Waals surface area (Å²) in [5.41, 5.74) is -1.29. The quantitative estimate of drug-likeness (QED) is 0.659. The number of phenols is 2. The van der Waals surface area contributed by atoms with Crippen LogP contribution >= 0.6 is 0 Å². The van der Waals surface area contributed by atoms with Crippen molar-refractivity contribution in [2.45, 2.75) is 13.3 Å². The summed E-state index contributed by atoms with van der Waals surface area (Å²) in [7, 11) is 0. The smallest absolute Gasteiger partial charge is 0.340 e. The molecule has 0 unspecified atom stereocenters. The second-order valence-electron chi connectivity index (χ2n) is 2.84. The largest absolute Gasteiger partial charge is 0.504 e. The number of aromatic carboxylic acids is 1. The van der Waals surface area contributed by atoms with Crippen molar-refractivity contribution < 1.29 is 28.9 Å². The minimum Gasteiger partial charge on any atom is -0.504 e. The lowest BCUT2D eigenvalue weighted by Gasteiger charge is -2.10. The Bertz CT molecular complexity index is 429. The van der Waals surface area contributed by atoms with Gasteiger partial charge in [0.1, 0.15) is 5.56 Å². The summed E-state index contributed by atoms with van der Waals surface area (Å²) in [6.07, 6.45) is -0.113. The maximum Gasteiger partial charge on any atom is 0.340 e. The van der Waals surface area contributed by atoms with Crippen LogP contribution in [0.1, 0.15) is 22.8 Å². The highest BCUT2D eigenvalue weighted by molar-refractivity contribution is 5.93. The van der Waals surface area contributed by atoms with Gasteiger partial charge < -0.3 is 15.3 Å². The van der Waals surface area contributed by atoms with Crippen LogP contribution in [0.15, 0.2) is 0 Å². The molecule has 0 aliphatic carbocycles. The Labute approximate surface area is 83.4 Å². The Morgan fingerprint density at radius 1 is 1.20 bits per heavy atom. The van der Waals surface area contributed by atoms with Crippen molar-refractivity contribution in [3.8, 4) is 11.5 Å². The van der Waals surface area contributed by atoms with Crippen LogP contribution in [0.3, 0.4) is 0 Å². The van der Waals surface area contributed by atoms with Gasteiger partial charge in [-0.25, -0.2) is 9.18 Å². The number of benzene rings is 1. The Balaban J connectivity index is 3.70. The maximum atomic E-state index is 13.2. The van der Waals surface area contributed by atoms with Crippen molar-refractivity contribution >= 4 is 5.97 Å². The summed E-state index contributed by atoms with van der Waals surface area (Å²) in [6.45, 7) is 1.40. The second kappa shape index (κ2) is 3.72. The number of carboxylic acids is 1. The highest BCUT2D eigenvalue weighted by atomic mass is 19.2. The number of phenolic OH excluding ortho intramolecular Hbond substituents is 1. The molecule has 0 aliphatic heterocycles. The molecule has 0 amide bonds. The van der Waals surface area contributed by atoms with Crippen molar-refractivity contribution in [2.24, 2.45) is 0 Å². The van der Waals surface area contributed by atoms with Gasteiger partial charge in [-0.3, -0.25) is 0 Å². The van der Waals surface area contributed by atoms with Crippen molar-refractivity contribution in [2.75, 3.05) is 0 Å². The Hall–Kier alpha value is -1.85. The molecule has 0 saturated heterocycles. The average Bonchev–Trinajstić information content (AvgIpc) is 2.19. The van der Waals surface area contributed by atoms with Crippen LogP contribution in [0.2, 0.25) is 0 Å². The third-order valence-electron chi connectivity index (χ3n) is 2.00. The summed E-state index contributed by atoms with van der Waals surface area (Å²) < 4.78 is 26.1. The van der Waals surface area contributed by atoms with Gasteiger partial charge in [0.15, 0.2) is 17.3 Å². The number of hydrogen-bond acceptors (Lipinski definition) is 3. The number of halogens is 2. The first-order chi connectivity index (χ1) is 6.91. The van der Waals surface area contributed by atoms with E-state index < -0.39 is 40.2 Å². The normalized spacial score (nSPS) is 10.3. The Morgan fingerprint density at radius 2 is 1.73 bits per heavy atom. The molecule has 1 rings (SSSR count). The van der Waals surface area contributed by atoms with Crippen LogP contribution in [0.25, 0.3) is 0 Å². The summed E-state index contributed by atoms with van der Waals surface area (Å²) in [5, 5.41) is 26.7. The third-order valence-corrected chi connectivity index (χ3v) is 2.00. The van der Waals surface area contributed by atoms with E-state index in [-0.39, 0.29) is 6.42 Å². The zero-order valence-electron chi connectivity index (χ0n) is 7.71. The lowest BCUT2D eigenvalue weighted by molar-refractivity contribution is 0.0690. The van der Waals surface area contributed by atoms with Crippen LogP contribution in [0.5, 0.6) is 11.5 Å². The van der Waals surface area contributed by atoms with E-state index in [2.05, 4.69) is 0 Å². The van der Waals surface area contributed by atoms with Crippen LogP contribution in [-0.2, 0) is 6.42 Å². The van der Waals surface area contributed by atoms with Gasteiger partial charge in [0.25, 0.3) is 0 Å². The fourth-order valence-corrected chi connectivity index (χ4v) is 1.27. The molecule has 0 atom stereocenters. The van der Waals surface area contributed by atoms with Crippen molar-refractivity contribution in [1.29, 1.82) is 0 Å². The maximum absolute atomic E-state index is 13.2. The predicted octanol–water partition coefficient (Wildman–Crippen LogP) is 1.64. The first-order valence-electron chi connectivity index (χ1n) is 4.06. The molecule has 0 fully saturated rings. The van der Waals surface area contributed by atoms with Gasteiger partial charge >= 0.3 is 5.97 Å². The number of carboxylic acid groups (broad SMARTS) is 1. The van der Waals surface area contributed by atoms with E-state index in [0.717, 1.165) is 0 Å². The van der Waals surface area contributed by atoms with Crippen LogP contribution in [0, 0.1) is 11.6 Å². The molecule has 0 radical (unpaired) electrons. The molecule has 0 aliphatic rings. The van der Waals surface area contributed by atoms with E-state index in [1.165, 1.54) is 6.92 Å². The van der Waals surface area contributed by atoms with E-state index in [9.17, 15) is 13.6 Å². The fourth-order valence-electron chi connectivity index (χ4n) is 1.27. The molecule has 0 bridgehead atoms. The molecule has 0 spiro atoms.